The molecule has 0 aromatic heterocycles. The maximum atomic E-state index is 13.4. The summed E-state index contributed by atoms with van der Waals surface area (Å²) in [5.74, 6) is -0.191. The molecule has 0 radical (unpaired) electrons. The number of hydrogen-bond acceptors (Lipinski definition) is 5. The summed E-state index contributed by atoms with van der Waals surface area (Å²) in [5.41, 5.74) is 1.51. The van der Waals surface area contributed by atoms with Gasteiger partial charge in [-0.3, -0.25) is 9.59 Å². The molecule has 0 atom stereocenters. The second kappa shape index (κ2) is 10.4. The van der Waals surface area contributed by atoms with E-state index in [1.165, 1.54) is 46.3 Å². The number of carbonyl (C=O) groups is 2. The molecule has 0 heterocycles. The van der Waals surface area contributed by atoms with E-state index in [2.05, 4.69) is 21.0 Å². The van der Waals surface area contributed by atoms with Crippen LogP contribution in [0.5, 0.6) is 17.2 Å². The summed E-state index contributed by atoms with van der Waals surface area (Å²) in [6.45, 7) is 3.89. The van der Waals surface area contributed by atoms with Crippen LogP contribution in [0, 0.1) is 0 Å². The van der Waals surface area contributed by atoms with E-state index in [0.717, 1.165) is 23.0 Å². The van der Waals surface area contributed by atoms with Crippen LogP contribution < -0.4 is 9.47 Å². The van der Waals surface area contributed by atoms with Crippen molar-refractivity contribution in [2.45, 2.75) is 52.0 Å². The van der Waals surface area contributed by atoms with E-state index in [9.17, 15) is 14.7 Å². The van der Waals surface area contributed by atoms with Gasteiger partial charge in [-0.25, -0.2) is 0 Å². The van der Waals surface area contributed by atoms with Crippen molar-refractivity contribution < 1.29 is 28.7 Å². The molecular formula is C27H36NO5+. The molecule has 33 heavy (non-hydrogen) atoms. The average molecular weight is 455 g/mol. The molecule has 0 bridgehead atoms. The van der Waals surface area contributed by atoms with Crippen LogP contribution in [0.3, 0.4) is 0 Å². The Kier molecular flexibility index (Phi) is 7.80. The van der Waals surface area contributed by atoms with E-state index in [1.54, 1.807) is 24.3 Å². The number of carbonyl (C=O) groups excluding carboxylic acids is 2. The number of phenols is 1. The van der Waals surface area contributed by atoms with Crippen LogP contribution in [-0.2, 0) is 6.54 Å². The fourth-order valence-corrected chi connectivity index (χ4v) is 4.64. The Morgan fingerprint density at radius 2 is 1.48 bits per heavy atom. The van der Waals surface area contributed by atoms with Crippen LogP contribution in [-0.4, -0.2) is 56.0 Å². The Hall–Kier alpha value is -2.86. The van der Waals surface area contributed by atoms with Crippen LogP contribution in [0.25, 0.3) is 0 Å². The summed E-state index contributed by atoms with van der Waals surface area (Å²) in [6, 6.07) is 6.50. The van der Waals surface area contributed by atoms with Crippen molar-refractivity contribution in [1.82, 2.24) is 0 Å². The predicted molar refractivity (Wildman–Crippen MR) is 129 cm³/mol. The van der Waals surface area contributed by atoms with Gasteiger partial charge in [0, 0.05) is 22.8 Å². The Labute approximate surface area is 196 Å². The van der Waals surface area contributed by atoms with Crippen LogP contribution in [0.15, 0.2) is 24.3 Å². The molecule has 1 aliphatic rings. The first-order valence-corrected chi connectivity index (χ1v) is 11.8. The molecule has 3 rings (SSSR count). The largest absolute Gasteiger partial charge is 0.507 e. The minimum absolute atomic E-state index is 0.0425. The lowest BCUT2D eigenvalue weighted by atomic mass is 9.82. The smallest absolute Gasteiger partial charge is 0.201 e. The van der Waals surface area contributed by atoms with Gasteiger partial charge in [-0.05, 0) is 31.0 Å². The highest BCUT2D eigenvalue weighted by Crippen LogP contribution is 2.40. The van der Waals surface area contributed by atoms with Gasteiger partial charge in [-0.1, -0.05) is 32.6 Å². The molecule has 1 N–H and O–H groups in total. The van der Waals surface area contributed by atoms with Gasteiger partial charge in [0.2, 0.25) is 5.78 Å². The standard InChI is InChI=1S/C27H35NO5/c1-6-7-8-9-10-11-12-28(2,3)17-18-13-20-24(22(29)14-18)27(31)25-21(26(20)30)15-19(32-4)16-23(25)33-5/h13-16H,6-12,17H2,1-5H3/p+1. The lowest BCUT2D eigenvalue weighted by Crippen LogP contribution is -2.39. The van der Waals surface area contributed by atoms with E-state index in [1.807, 2.05) is 0 Å². The quantitative estimate of drug-likeness (QED) is 0.322. The maximum Gasteiger partial charge on any atom is 0.201 e. The second-order valence-electron chi connectivity index (χ2n) is 9.53. The zero-order valence-corrected chi connectivity index (χ0v) is 20.5. The molecule has 0 saturated heterocycles. The van der Waals surface area contributed by atoms with Crippen molar-refractivity contribution in [2.24, 2.45) is 0 Å². The monoisotopic (exact) mass is 454 g/mol. The number of methoxy groups -OCH3 is 2. The third kappa shape index (κ3) is 5.38. The van der Waals surface area contributed by atoms with Crippen LogP contribution in [0.4, 0.5) is 0 Å². The third-order valence-corrected chi connectivity index (χ3v) is 6.38. The van der Waals surface area contributed by atoms with Gasteiger partial charge in [-0.2, -0.15) is 0 Å². The number of fused-ring (bicyclic) bond motifs is 2. The van der Waals surface area contributed by atoms with E-state index in [4.69, 9.17) is 9.47 Å². The average Bonchev–Trinajstić information content (AvgIpc) is 2.78. The van der Waals surface area contributed by atoms with Gasteiger partial charge in [0.05, 0.1) is 46.0 Å². The number of ketones is 2. The molecule has 1 aliphatic carbocycles. The summed E-state index contributed by atoms with van der Waals surface area (Å²) < 4.78 is 11.4. The minimum atomic E-state index is -0.413. The van der Waals surface area contributed by atoms with E-state index < -0.39 is 5.78 Å². The van der Waals surface area contributed by atoms with Gasteiger partial charge < -0.3 is 19.1 Å². The van der Waals surface area contributed by atoms with Crippen molar-refractivity contribution in [3.63, 3.8) is 0 Å². The van der Waals surface area contributed by atoms with Crippen molar-refractivity contribution in [3.05, 3.63) is 52.1 Å². The molecule has 0 amide bonds. The van der Waals surface area contributed by atoms with E-state index in [-0.39, 0.29) is 39.5 Å². The number of ether oxygens (including phenoxy) is 2. The summed E-state index contributed by atoms with van der Waals surface area (Å²) in [5, 5.41) is 10.8. The minimum Gasteiger partial charge on any atom is -0.507 e. The Morgan fingerprint density at radius 3 is 2.15 bits per heavy atom. The van der Waals surface area contributed by atoms with E-state index in [0.29, 0.717) is 12.3 Å². The fraction of sp³-hybridized carbons (Fsp3) is 0.481. The number of nitrogens with zero attached hydrogens (tertiary/aromatic N) is 1. The Morgan fingerprint density at radius 1 is 0.818 bits per heavy atom. The number of quaternary nitrogens is 1. The highest BCUT2D eigenvalue weighted by molar-refractivity contribution is 6.30. The number of unbranched alkanes of at least 4 members (excludes halogenated alkanes) is 5. The highest BCUT2D eigenvalue weighted by Gasteiger charge is 2.36. The summed E-state index contributed by atoms with van der Waals surface area (Å²) >= 11 is 0. The van der Waals surface area contributed by atoms with Crippen LogP contribution >= 0.6 is 0 Å². The first-order valence-electron chi connectivity index (χ1n) is 11.8. The number of phenolic OH excluding ortho intramolecular Hbond substituents is 1. The Balaban J connectivity index is 1.85. The third-order valence-electron chi connectivity index (χ3n) is 6.38. The lowest BCUT2D eigenvalue weighted by molar-refractivity contribution is -0.903. The highest BCUT2D eigenvalue weighted by atomic mass is 16.5. The van der Waals surface area contributed by atoms with Gasteiger partial charge >= 0.3 is 0 Å². The molecular weight excluding hydrogens is 418 g/mol. The molecule has 6 nitrogen and oxygen atoms in total. The van der Waals surface area contributed by atoms with Crippen molar-refractivity contribution in [3.8, 4) is 17.2 Å². The first-order chi connectivity index (χ1) is 15.7. The van der Waals surface area contributed by atoms with Gasteiger partial charge in [0.25, 0.3) is 0 Å². The molecule has 0 unspecified atom stereocenters. The fourth-order valence-electron chi connectivity index (χ4n) is 4.64. The number of benzene rings is 2. The number of hydrogen-bond donors (Lipinski definition) is 1. The molecule has 0 fully saturated rings. The molecule has 0 aliphatic heterocycles. The molecule has 6 heteroatoms. The molecule has 2 aromatic rings. The predicted octanol–water partition coefficient (Wildman–Crippen LogP) is 5.12. The lowest BCUT2D eigenvalue weighted by Gasteiger charge is -2.30. The van der Waals surface area contributed by atoms with Gasteiger partial charge in [0.15, 0.2) is 5.78 Å². The van der Waals surface area contributed by atoms with Crippen LogP contribution in [0.1, 0.15) is 82.9 Å². The van der Waals surface area contributed by atoms with Gasteiger partial charge in [-0.15, -0.1) is 0 Å². The summed E-state index contributed by atoms with van der Waals surface area (Å²) in [6.07, 6.45) is 7.43. The normalized spacial score (nSPS) is 13.0. The van der Waals surface area contributed by atoms with Crippen molar-refractivity contribution in [1.29, 1.82) is 0 Å². The molecule has 2 aromatic carbocycles. The zero-order chi connectivity index (χ0) is 24.2. The molecule has 0 saturated carbocycles. The summed E-state index contributed by atoms with van der Waals surface area (Å²) in [7, 11) is 7.24. The second-order valence-corrected chi connectivity index (χ2v) is 9.53. The maximum absolute atomic E-state index is 13.4. The zero-order valence-electron chi connectivity index (χ0n) is 20.5. The van der Waals surface area contributed by atoms with Gasteiger partial charge in [0.1, 0.15) is 23.8 Å². The first kappa shape index (κ1) is 24.8. The van der Waals surface area contributed by atoms with Crippen molar-refractivity contribution in [2.75, 3.05) is 34.9 Å². The van der Waals surface area contributed by atoms with Crippen LogP contribution in [0.2, 0.25) is 0 Å². The SMILES string of the molecule is CCCCCCCC[N+](C)(C)Cc1cc(O)c2c(c1)C(=O)c1cc(OC)cc(OC)c1C2=O. The topological polar surface area (TPSA) is 72.8 Å². The number of rotatable bonds is 11. The Bertz CT molecular complexity index is 1040. The molecule has 0 spiro atoms. The molecule has 178 valence electrons. The summed E-state index contributed by atoms with van der Waals surface area (Å²) in [4.78, 5) is 26.6. The van der Waals surface area contributed by atoms with E-state index >= 15 is 0 Å². The van der Waals surface area contributed by atoms with Crippen molar-refractivity contribution >= 4 is 11.6 Å². The number of aromatic hydroxyl groups is 1.